The fourth-order valence-electron chi connectivity index (χ4n) is 4.32. The molecule has 0 unspecified atom stereocenters. The largest absolute Gasteiger partial charge is 0.456 e. The van der Waals surface area contributed by atoms with Crippen molar-refractivity contribution in [3.05, 3.63) is 179 Å². The van der Waals surface area contributed by atoms with Gasteiger partial charge in [0, 0.05) is 22.3 Å². The van der Waals surface area contributed by atoms with Crippen LogP contribution >= 0.6 is 0 Å². The number of allylic oxidation sites excluding steroid dienone is 6. The van der Waals surface area contributed by atoms with Gasteiger partial charge in [-0.25, -0.2) is 0 Å². The first kappa shape index (κ1) is 21.7. The lowest BCUT2D eigenvalue weighted by Crippen LogP contribution is -2.04. The van der Waals surface area contributed by atoms with Gasteiger partial charge in [0.05, 0.1) is 0 Å². The normalized spacial score (nSPS) is 15.1. The van der Waals surface area contributed by atoms with Gasteiger partial charge >= 0.3 is 0 Å². The predicted octanol–water partition coefficient (Wildman–Crippen LogP) is 8.51. The molecule has 2 heterocycles. The molecule has 0 N–H and O–H groups in total. The minimum Gasteiger partial charge on any atom is -0.456 e. The summed E-state index contributed by atoms with van der Waals surface area (Å²) in [5.74, 6) is 3.26. The molecular formula is C34H24O2. The molecule has 0 amide bonds. The van der Waals surface area contributed by atoms with Gasteiger partial charge < -0.3 is 9.47 Å². The zero-order valence-corrected chi connectivity index (χ0v) is 19.7. The van der Waals surface area contributed by atoms with Crippen molar-refractivity contribution in [2.75, 3.05) is 0 Å². The molecule has 2 aliphatic rings. The second-order valence-electron chi connectivity index (χ2n) is 8.61. The van der Waals surface area contributed by atoms with E-state index in [9.17, 15) is 0 Å². The Morgan fingerprint density at radius 3 is 0.722 bits per heavy atom. The molecule has 2 aliphatic heterocycles. The van der Waals surface area contributed by atoms with Crippen LogP contribution in [0.25, 0.3) is 23.0 Å². The second-order valence-corrected chi connectivity index (χ2v) is 8.61. The molecule has 0 bridgehead atoms. The summed E-state index contributed by atoms with van der Waals surface area (Å²) < 4.78 is 12.8. The highest BCUT2D eigenvalue weighted by Crippen LogP contribution is 2.38. The van der Waals surface area contributed by atoms with Gasteiger partial charge in [0.1, 0.15) is 23.0 Å². The number of rotatable bonds is 4. The molecule has 4 aromatic rings. The van der Waals surface area contributed by atoms with E-state index in [0.29, 0.717) is 0 Å². The van der Waals surface area contributed by atoms with Gasteiger partial charge in [0.2, 0.25) is 0 Å². The van der Waals surface area contributed by atoms with Crippen LogP contribution in [0.2, 0.25) is 0 Å². The highest BCUT2D eigenvalue weighted by molar-refractivity contribution is 5.83. The van der Waals surface area contributed by atoms with E-state index in [0.717, 1.165) is 56.4 Å². The van der Waals surface area contributed by atoms with Crippen LogP contribution in [0.1, 0.15) is 22.3 Å². The van der Waals surface area contributed by atoms with Crippen LogP contribution in [0.3, 0.4) is 0 Å². The average molecular weight is 465 g/mol. The van der Waals surface area contributed by atoms with Crippen molar-refractivity contribution in [1.82, 2.24) is 0 Å². The van der Waals surface area contributed by atoms with E-state index in [1.54, 1.807) is 0 Å². The maximum atomic E-state index is 6.42. The monoisotopic (exact) mass is 464 g/mol. The summed E-state index contributed by atoms with van der Waals surface area (Å²) in [6.07, 6.45) is 8.45. The van der Waals surface area contributed by atoms with Gasteiger partial charge in [-0.05, 0) is 35.5 Å². The molecule has 0 fully saturated rings. The van der Waals surface area contributed by atoms with E-state index >= 15 is 0 Å². The first-order valence-electron chi connectivity index (χ1n) is 12.0. The molecular weight excluding hydrogens is 440 g/mol. The van der Waals surface area contributed by atoms with Gasteiger partial charge in [-0.2, -0.15) is 0 Å². The zero-order valence-electron chi connectivity index (χ0n) is 19.7. The van der Waals surface area contributed by atoms with Crippen LogP contribution in [0, 0.1) is 0 Å². The van der Waals surface area contributed by atoms with Gasteiger partial charge in [0.15, 0.2) is 0 Å². The number of benzene rings is 4. The molecule has 2 nitrogen and oxygen atoms in total. The molecule has 0 aromatic heterocycles. The average Bonchev–Trinajstić information content (AvgIpc) is 2.98. The topological polar surface area (TPSA) is 18.5 Å². The van der Waals surface area contributed by atoms with Crippen LogP contribution in [0.15, 0.2) is 157 Å². The molecule has 0 saturated heterocycles. The van der Waals surface area contributed by atoms with Gasteiger partial charge in [-0.1, -0.05) is 121 Å². The third kappa shape index (κ3) is 4.57. The Balaban J connectivity index is 1.55. The van der Waals surface area contributed by atoms with Crippen LogP contribution in [-0.4, -0.2) is 0 Å². The summed E-state index contributed by atoms with van der Waals surface area (Å²) in [7, 11) is 0. The molecule has 172 valence electrons. The molecule has 0 saturated carbocycles. The fourth-order valence-corrected chi connectivity index (χ4v) is 4.32. The summed E-state index contributed by atoms with van der Waals surface area (Å²) >= 11 is 0. The van der Waals surface area contributed by atoms with E-state index in [-0.39, 0.29) is 0 Å². The number of hydrogen-bond donors (Lipinski definition) is 0. The number of ether oxygens (including phenoxy) is 2. The van der Waals surface area contributed by atoms with Crippen molar-refractivity contribution in [3.8, 4) is 0 Å². The van der Waals surface area contributed by atoms with Crippen molar-refractivity contribution in [2.45, 2.75) is 0 Å². The van der Waals surface area contributed by atoms with E-state index in [4.69, 9.17) is 9.47 Å². The molecule has 0 radical (unpaired) electrons. The molecule has 0 spiro atoms. The van der Waals surface area contributed by atoms with Crippen molar-refractivity contribution in [2.24, 2.45) is 0 Å². The van der Waals surface area contributed by atoms with Crippen LogP contribution < -0.4 is 0 Å². The molecule has 36 heavy (non-hydrogen) atoms. The van der Waals surface area contributed by atoms with E-state index in [1.807, 2.05) is 72.8 Å². The number of hydrogen-bond acceptors (Lipinski definition) is 2. The lowest BCUT2D eigenvalue weighted by atomic mass is 9.96. The minimum absolute atomic E-state index is 0.815. The molecule has 6 rings (SSSR count). The van der Waals surface area contributed by atoms with Crippen LogP contribution in [-0.2, 0) is 9.47 Å². The first-order valence-corrected chi connectivity index (χ1v) is 12.0. The molecule has 4 aromatic carbocycles. The SMILES string of the molecule is C1=C(c2ccccc2)OC(c2ccccc2)=CC1=C1C=C(c2ccccc2)OC(c2ccccc2)=C1. The maximum Gasteiger partial charge on any atom is 0.135 e. The highest BCUT2D eigenvalue weighted by atomic mass is 16.5. The quantitative estimate of drug-likeness (QED) is 0.301. The van der Waals surface area contributed by atoms with Gasteiger partial charge in [0.25, 0.3) is 0 Å². The summed E-state index contributed by atoms with van der Waals surface area (Å²) in [6, 6.07) is 40.9. The first-order chi connectivity index (χ1) is 17.8. The highest BCUT2D eigenvalue weighted by Gasteiger charge is 2.20. The molecule has 0 atom stereocenters. The van der Waals surface area contributed by atoms with Crippen molar-refractivity contribution in [1.29, 1.82) is 0 Å². The Hall–Kier alpha value is -4.82. The summed E-state index contributed by atoms with van der Waals surface area (Å²) in [5, 5.41) is 0. The van der Waals surface area contributed by atoms with E-state index in [2.05, 4.69) is 72.8 Å². The van der Waals surface area contributed by atoms with Crippen LogP contribution in [0.4, 0.5) is 0 Å². The Labute approximate surface area is 211 Å². The predicted molar refractivity (Wildman–Crippen MR) is 147 cm³/mol. The molecule has 0 aliphatic carbocycles. The Morgan fingerprint density at radius 1 is 0.278 bits per heavy atom. The maximum absolute atomic E-state index is 6.42. The summed E-state index contributed by atoms with van der Waals surface area (Å²) in [6.45, 7) is 0. The zero-order chi connectivity index (χ0) is 24.2. The van der Waals surface area contributed by atoms with E-state index in [1.165, 1.54) is 0 Å². The smallest absolute Gasteiger partial charge is 0.135 e. The minimum atomic E-state index is 0.815. The standard InChI is InChI=1S/C34H24O2/c1-5-13-25(14-6-1)31-21-29(22-32(35-31)26-15-7-2-8-16-26)30-23-33(27-17-9-3-10-18-27)36-34(24-30)28-19-11-4-12-20-28/h1-24H. The Kier molecular flexibility index (Phi) is 5.91. The van der Waals surface area contributed by atoms with Crippen molar-refractivity contribution < 1.29 is 9.47 Å². The van der Waals surface area contributed by atoms with Gasteiger partial charge in [-0.3, -0.25) is 0 Å². The third-order valence-electron chi connectivity index (χ3n) is 6.15. The summed E-state index contributed by atoms with van der Waals surface area (Å²) in [5.41, 5.74) is 6.24. The van der Waals surface area contributed by atoms with Crippen molar-refractivity contribution in [3.63, 3.8) is 0 Å². The lowest BCUT2D eigenvalue weighted by Gasteiger charge is -2.23. The lowest BCUT2D eigenvalue weighted by molar-refractivity contribution is 0.464. The van der Waals surface area contributed by atoms with Gasteiger partial charge in [-0.15, -0.1) is 0 Å². The van der Waals surface area contributed by atoms with E-state index < -0.39 is 0 Å². The van der Waals surface area contributed by atoms with Crippen molar-refractivity contribution >= 4 is 23.0 Å². The third-order valence-corrected chi connectivity index (χ3v) is 6.15. The Bertz CT molecular complexity index is 1290. The van der Waals surface area contributed by atoms with Crippen LogP contribution in [0.5, 0.6) is 0 Å². The summed E-state index contributed by atoms with van der Waals surface area (Å²) in [4.78, 5) is 0. The fraction of sp³-hybridized carbons (Fsp3) is 0. The second kappa shape index (κ2) is 9.81. The Morgan fingerprint density at radius 2 is 0.500 bits per heavy atom. The molecule has 2 heteroatoms.